The van der Waals surface area contributed by atoms with Gasteiger partial charge < -0.3 is 10.2 Å². The van der Waals surface area contributed by atoms with Crippen LogP contribution in [0, 0.1) is 16.0 Å². The van der Waals surface area contributed by atoms with Crippen molar-refractivity contribution in [3.63, 3.8) is 0 Å². The quantitative estimate of drug-likeness (QED) is 0.277. The third kappa shape index (κ3) is 4.94. The molecule has 1 aromatic carbocycles. The SMILES string of the molecule is CC(C)C1=CC(=O)N(CCNC(=O)c2cc3c(c([N+](=O)[O-])c2)N(C(=O)CCN2C(=O)C=CC2=O)CC3)C1=O. The molecule has 0 atom stereocenters. The van der Waals surface area contributed by atoms with E-state index in [0.29, 0.717) is 11.1 Å². The monoisotopic (exact) mass is 523 g/mol. The lowest BCUT2D eigenvalue weighted by Gasteiger charge is -2.20. The maximum Gasteiger partial charge on any atom is 0.294 e. The topological polar surface area (TPSA) is 167 Å². The van der Waals surface area contributed by atoms with Crippen LogP contribution >= 0.6 is 0 Å². The van der Waals surface area contributed by atoms with Crippen LogP contribution in [0.25, 0.3) is 0 Å². The number of nitro benzene ring substituents is 1. The number of anilines is 1. The lowest BCUT2D eigenvalue weighted by molar-refractivity contribution is -0.384. The third-order valence-corrected chi connectivity index (χ3v) is 6.53. The molecule has 3 aliphatic rings. The van der Waals surface area contributed by atoms with Crippen molar-refractivity contribution >= 4 is 46.8 Å². The van der Waals surface area contributed by atoms with Crippen LogP contribution < -0.4 is 10.2 Å². The van der Waals surface area contributed by atoms with Gasteiger partial charge in [-0.2, -0.15) is 0 Å². The molecule has 1 aromatic rings. The van der Waals surface area contributed by atoms with Gasteiger partial charge in [-0.15, -0.1) is 0 Å². The van der Waals surface area contributed by atoms with Crippen molar-refractivity contribution in [2.75, 3.05) is 31.1 Å². The molecule has 6 amide bonds. The fourth-order valence-electron chi connectivity index (χ4n) is 4.57. The Morgan fingerprint density at radius 2 is 1.71 bits per heavy atom. The molecule has 0 fully saturated rings. The number of benzene rings is 1. The predicted molar refractivity (Wildman–Crippen MR) is 132 cm³/mol. The maximum absolute atomic E-state index is 12.8. The van der Waals surface area contributed by atoms with E-state index < -0.39 is 46.1 Å². The average molecular weight is 524 g/mol. The first kappa shape index (κ1) is 26.4. The van der Waals surface area contributed by atoms with Crippen LogP contribution in [0.3, 0.4) is 0 Å². The number of nitrogens with zero attached hydrogens (tertiary/aromatic N) is 4. The molecule has 1 N–H and O–H groups in total. The van der Waals surface area contributed by atoms with E-state index in [4.69, 9.17) is 0 Å². The van der Waals surface area contributed by atoms with Crippen LogP contribution in [-0.2, 0) is 30.4 Å². The lowest BCUT2D eigenvalue weighted by atomic mass is 10.0. The molecule has 0 aromatic heterocycles. The molecule has 0 unspecified atom stereocenters. The molecular formula is C25H25N5O8. The van der Waals surface area contributed by atoms with E-state index in [0.717, 1.165) is 28.0 Å². The minimum Gasteiger partial charge on any atom is -0.350 e. The lowest BCUT2D eigenvalue weighted by Crippen LogP contribution is -2.39. The van der Waals surface area contributed by atoms with Crippen LogP contribution in [0.5, 0.6) is 0 Å². The first-order valence-electron chi connectivity index (χ1n) is 12.0. The van der Waals surface area contributed by atoms with Gasteiger partial charge in [0.05, 0.1) is 4.92 Å². The smallest absolute Gasteiger partial charge is 0.294 e. The number of hydrogen-bond acceptors (Lipinski definition) is 8. The summed E-state index contributed by atoms with van der Waals surface area (Å²) in [6.07, 6.45) is 3.56. The predicted octanol–water partition coefficient (Wildman–Crippen LogP) is 0.480. The Balaban J connectivity index is 1.42. The Kier molecular flexibility index (Phi) is 7.19. The van der Waals surface area contributed by atoms with Gasteiger partial charge >= 0.3 is 0 Å². The van der Waals surface area contributed by atoms with Gasteiger partial charge in [0, 0.05) is 68.0 Å². The van der Waals surface area contributed by atoms with E-state index >= 15 is 0 Å². The van der Waals surface area contributed by atoms with Crippen molar-refractivity contribution < 1.29 is 33.7 Å². The number of carbonyl (C=O) groups is 6. The highest BCUT2D eigenvalue weighted by Crippen LogP contribution is 2.38. The number of carbonyl (C=O) groups excluding carboxylic acids is 6. The number of nitro groups is 1. The van der Waals surface area contributed by atoms with Gasteiger partial charge in [-0.1, -0.05) is 13.8 Å². The third-order valence-electron chi connectivity index (χ3n) is 6.53. The Hall–Kier alpha value is -4.68. The summed E-state index contributed by atoms with van der Waals surface area (Å²) in [6, 6.07) is 2.54. The van der Waals surface area contributed by atoms with E-state index in [2.05, 4.69) is 5.32 Å². The Morgan fingerprint density at radius 3 is 2.32 bits per heavy atom. The Labute approximate surface area is 216 Å². The molecule has 13 nitrogen and oxygen atoms in total. The molecule has 3 heterocycles. The normalized spacial score (nSPS) is 16.6. The van der Waals surface area contributed by atoms with Gasteiger partial charge in [-0.05, 0) is 24.0 Å². The van der Waals surface area contributed by atoms with E-state index in [1.807, 2.05) is 0 Å². The van der Waals surface area contributed by atoms with Crippen molar-refractivity contribution in [2.45, 2.75) is 26.7 Å². The summed E-state index contributed by atoms with van der Waals surface area (Å²) in [6.45, 7) is 3.48. The first-order valence-corrected chi connectivity index (χ1v) is 12.0. The number of rotatable bonds is 9. The molecule has 0 bridgehead atoms. The molecule has 0 aliphatic carbocycles. The molecule has 3 aliphatic heterocycles. The van der Waals surface area contributed by atoms with E-state index in [9.17, 15) is 38.9 Å². The summed E-state index contributed by atoms with van der Waals surface area (Å²) in [5.41, 5.74) is 0.482. The molecular weight excluding hydrogens is 498 g/mol. The zero-order valence-corrected chi connectivity index (χ0v) is 20.8. The minimum atomic E-state index is -0.681. The van der Waals surface area contributed by atoms with Gasteiger partial charge in [0.2, 0.25) is 5.91 Å². The number of amides is 6. The fraction of sp³-hybridized carbons (Fsp3) is 0.360. The Bertz CT molecular complexity index is 1330. The highest BCUT2D eigenvalue weighted by Gasteiger charge is 2.35. The van der Waals surface area contributed by atoms with E-state index in [1.165, 1.54) is 17.0 Å². The number of hydrogen-bond donors (Lipinski definition) is 1. The van der Waals surface area contributed by atoms with Crippen molar-refractivity contribution in [2.24, 2.45) is 5.92 Å². The van der Waals surface area contributed by atoms with E-state index in [1.54, 1.807) is 13.8 Å². The summed E-state index contributed by atoms with van der Waals surface area (Å²) in [4.78, 5) is 87.9. The highest BCUT2D eigenvalue weighted by atomic mass is 16.6. The van der Waals surface area contributed by atoms with Crippen molar-refractivity contribution in [1.82, 2.24) is 15.1 Å². The second kappa shape index (κ2) is 10.4. The summed E-state index contributed by atoms with van der Waals surface area (Å²) in [5.74, 6) is -3.16. The molecule has 0 saturated carbocycles. The van der Waals surface area contributed by atoms with Crippen LogP contribution in [-0.4, -0.2) is 76.3 Å². The van der Waals surface area contributed by atoms with Crippen LogP contribution in [0.4, 0.5) is 11.4 Å². The molecule has 198 valence electrons. The second-order valence-electron chi connectivity index (χ2n) is 9.27. The fourth-order valence-corrected chi connectivity index (χ4v) is 4.57. The standard InChI is InChI=1S/C25H25N5O8/c1-14(2)17-13-22(34)29(25(17)36)10-7-26-24(35)16-11-15-5-8-28(23(15)18(12-16)30(37)38)21(33)6-9-27-19(31)3-4-20(27)32/h3-4,11-14H,5-10H2,1-2H3,(H,26,35). The summed E-state index contributed by atoms with van der Waals surface area (Å²) in [7, 11) is 0. The second-order valence-corrected chi connectivity index (χ2v) is 9.27. The van der Waals surface area contributed by atoms with Crippen LogP contribution in [0.2, 0.25) is 0 Å². The highest BCUT2D eigenvalue weighted by molar-refractivity contribution is 6.16. The zero-order valence-electron chi connectivity index (χ0n) is 20.8. The number of imide groups is 2. The summed E-state index contributed by atoms with van der Waals surface area (Å²) in [5, 5.41) is 14.4. The molecule has 38 heavy (non-hydrogen) atoms. The van der Waals surface area contributed by atoms with Crippen LogP contribution in [0.1, 0.15) is 36.2 Å². The molecule has 0 spiro atoms. The first-order chi connectivity index (χ1) is 18.0. The van der Waals surface area contributed by atoms with Crippen molar-refractivity contribution in [3.8, 4) is 0 Å². The van der Waals surface area contributed by atoms with Gasteiger partial charge in [-0.25, -0.2) is 0 Å². The molecule has 13 heteroatoms. The summed E-state index contributed by atoms with van der Waals surface area (Å²) >= 11 is 0. The average Bonchev–Trinajstić information content (AvgIpc) is 3.52. The van der Waals surface area contributed by atoms with E-state index in [-0.39, 0.29) is 56.2 Å². The van der Waals surface area contributed by atoms with Crippen molar-refractivity contribution in [3.05, 3.63) is 57.2 Å². The Morgan fingerprint density at radius 1 is 1.03 bits per heavy atom. The molecule has 0 radical (unpaired) electrons. The zero-order chi connectivity index (χ0) is 27.7. The van der Waals surface area contributed by atoms with Gasteiger partial charge in [0.1, 0.15) is 5.69 Å². The summed E-state index contributed by atoms with van der Waals surface area (Å²) < 4.78 is 0. The molecule has 4 rings (SSSR count). The van der Waals surface area contributed by atoms with Crippen molar-refractivity contribution in [1.29, 1.82) is 0 Å². The van der Waals surface area contributed by atoms with Crippen LogP contribution in [0.15, 0.2) is 35.9 Å². The van der Waals surface area contributed by atoms with Gasteiger partial charge in [0.15, 0.2) is 0 Å². The molecule has 0 saturated heterocycles. The minimum absolute atomic E-state index is 0.00385. The van der Waals surface area contributed by atoms with Gasteiger partial charge in [0.25, 0.3) is 35.2 Å². The van der Waals surface area contributed by atoms with Gasteiger partial charge in [-0.3, -0.25) is 48.7 Å². The number of nitrogens with one attached hydrogen (secondary N) is 1. The maximum atomic E-state index is 12.8. The largest absolute Gasteiger partial charge is 0.350 e. The number of fused-ring (bicyclic) bond motifs is 1.